The molecule has 10 nitrogen and oxygen atoms in total. The highest BCUT2D eigenvalue weighted by Crippen LogP contribution is 2.33. The molecule has 1 saturated heterocycles. The molecule has 190 valence electrons. The standard InChI is InChI=1S/C26H28N8O2S/c1-17-16-27-26(37-17)31-25(36)29-20-6-3-18(4-7-20)21-15-19(24(35)30-23-9-10-28-32-23)5-8-22(21)34-13-11-33(2)12-14-34/h3-10,15-16H,11-14H2,1-2H3,(H2,27,29,31,36)(H2,28,30,32,35). The van der Waals surface area contributed by atoms with Gasteiger partial charge in [0.25, 0.3) is 5.91 Å². The van der Waals surface area contributed by atoms with Gasteiger partial charge in [-0.3, -0.25) is 15.2 Å². The first-order chi connectivity index (χ1) is 17.9. The molecular weight excluding hydrogens is 488 g/mol. The van der Waals surface area contributed by atoms with Crippen LogP contribution in [-0.4, -0.2) is 65.2 Å². The molecular formula is C26H28N8O2S. The Labute approximate surface area is 218 Å². The monoisotopic (exact) mass is 516 g/mol. The van der Waals surface area contributed by atoms with Crippen LogP contribution in [0, 0.1) is 6.92 Å². The number of carbonyl (C=O) groups excluding carboxylic acids is 2. The summed E-state index contributed by atoms with van der Waals surface area (Å²) in [6.45, 7) is 5.68. The van der Waals surface area contributed by atoms with E-state index >= 15 is 0 Å². The van der Waals surface area contributed by atoms with E-state index < -0.39 is 0 Å². The van der Waals surface area contributed by atoms with E-state index in [9.17, 15) is 9.59 Å². The predicted molar refractivity (Wildman–Crippen MR) is 148 cm³/mol. The number of thiazole rings is 1. The highest BCUT2D eigenvalue weighted by atomic mass is 32.1. The molecule has 0 saturated carbocycles. The molecule has 3 heterocycles. The lowest BCUT2D eigenvalue weighted by Crippen LogP contribution is -2.44. The number of aromatic amines is 1. The van der Waals surface area contributed by atoms with E-state index in [1.54, 1.807) is 18.5 Å². The Kier molecular flexibility index (Phi) is 7.15. The lowest BCUT2D eigenvalue weighted by Gasteiger charge is -2.35. The van der Waals surface area contributed by atoms with Gasteiger partial charge in [-0.25, -0.2) is 9.78 Å². The summed E-state index contributed by atoms with van der Waals surface area (Å²) in [5.74, 6) is 0.319. The Balaban J connectivity index is 1.38. The smallest absolute Gasteiger partial charge is 0.325 e. The van der Waals surface area contributed by atoms with Gasteiger partial charge in [-0.1, -0.05) is 12.1 Å². The zero-order valence-corrected chi connectivity index (χ0v) is 21.4. The first-order valence-corrected chi connectivity index (χ1v) is 12.8. The normalized spacial score (nSPS) is 13.8. The van der Waals surface area contributed by atoms with Gasteiger partial charge in [-0.15, -0.1) is 11.3 Å². The van der Waals surface area contributed by atoms with Crippen molar-refractivity contribution in [3.05, 3.63) is 71.4 Å². The topological polar surface area (TPSA) is 118 Å². The molecule has 1 fully saturated rings. The quantitative estimate of drug-likeness (QED) is 0.300. The first kappa shape index (κ1) is 24.5. The minimum Gasteiger partial charge on any atom is -0.368 e. The maximum absolute atomic E-state index is 12.9. The molecule has 5 rings (SSSR count). The Morgan fingerprint density at radius 2 is 1.76 bits per heavy atom. The van der Waals surface area contributed by atoms with Crippen LogP contribution in [0.2, 0.25) is 0 Å². The number of amides is 3. The van der Waals surface area contributed by atoms with E-state index in [-0.39, 0.29) is 11.9 Å². The number of urea groups is 1. The SMILES string of the molecule is Cc1cnc(NC(=O)Nc2ccc(-c3cc(C(=O)Nc4ccn[nH]4)ccc3N3CCN(C)CC3)cc2)s1. The summed E-state index contributed by atoms with van der Waals surface area (Å²) in [6.07, 6.45) is 3.31. The summed E-state index contributed by atoms with van der Waals surface area (Å²) >= 11 is 1.42. The van der Waals surface area contributed by atoms with Gasteiger partial charge in [0.15, 0.2) is 5.13 Å². The Morgan fingerprint density at radius 3 is 2.43 bits per heavy atom. The number of rotatable bonds is 6. The lowest BCUT2D eigenvalue weighted by molar-refractivity contribution is 0.102. The van der Waals surface area contributed by atoms with Crippen molar-refractivity contribution in [2.75, 3.05) is 54.1 Å². The van der Waals surface area contributed by atoms with Gasteiger partial charge in [-0.2, -0.15) is 5.10 Å². The van der Waals surface area contributed by atoms with Crippen LogP contribution in [0.3, 0.4) is 0 Å². The molecule has 0 radical (unpaired) electrons. The van der Waals surface area contributed by atoms with E-state index in [1.165, 1.54) is 11.3 Å². The van der Waals surface area contributed by atoms with Crippen molar-refractivity contribution in [1.29, 1.82) is 0 Å². The van der Waals surface area contributed by atoms with Crippen LogP contribution < -0.4 is 20.9 Å². The molecule has 2 aromatic carbocycles. The number of aryl methyl sites for hydroxylation is 1. The van der Waals surface area contributed by atoms with E-state index in [4.69, 9.17) is 0 Å². The number of H-pyrrole nitrogens is 1. The molecule has 4 aromatic rings. The van der Waals surface area contributed by atoms with Crippen LogP contribution in [0.25, 0.3) is 11.1 Å². The van der Waals surface area contributed by atoms with Crippen molar-refractivity contribution in [2.24, 2.45) is 0 Å². The Morgan fingerprint density at radius 1 is 0.973 bits per heavy atom. The number of hydrogen-bond acceptors (Lipinski definition) is 7. The van der Waals surface area contributed by atoms with Crippen molar-refractivity contribution in [1.82, 2.24) is 20.1 Å². The second-order valence-electron chi connectivity index (χ2n) is 8.88. The third kappa shape index (κ3) is 5.96. The molecule has 1 aliphatic rings. The number of hydrogen-bond donors (Lipinski definition) is 4. The zero-order chi connectivity index (χ0) is 25.8. The second kappa shape index (κ2) is 10.8. The average molecular weight is 517 g/mol. The molecule has 0 bridgehead atoms. The predicted octanol–water partition coefficient (Wildman–Crippen LogP) is 4.49. The first-order valence-electron chi connectivity index (χ1n) is 11.9. The van der Waals surface area contributed by atoms with E-state index in [2.05, 4.69) is 48.0 Å². The number of likely N-dealkylation sites (N-methyl/N-ethyl adjacent to an activating group) is 1. The van der Waals surface area contributed by atoms with Crippen molar-refractivity contribution < 1.29 is 9.59 Å². The molecule has 1 aliphatic heterocycles. The van der Waals surface area contributed by atoms with Crippen LogP contribution >= 0.6 is 11.3 Å². The van der Waals surface area contributed by atoms with Crippen LogP contribution in [0.1, 0.15) is 15.2 Å². The van der Waals surface area contributed by atoms with Crippen molar-refractivity contribution in [3.8, 4) is 11.1 Å². The van der Waals surface area contributed by atoms with Gasteiger partial charge in [0, 0.05) is 65.8 Å². The summed E-state index contributed by atoms with van der Waals surface area (Å²) < 4.78 is 0. The van der Waals surface area contributed by atoms with E-state index in [0.29, 0.717) is 22.2 Å². The van der Waals surface area contributed by atoms with Crippen LogP contribution in [0.15, 0.2) is 60.9 Å². The molecule has 0 spiro atoms. The third-order valence-corrected chi connectivity index (χ3v) is 6.98. The van der Waals surface area contributed by atoms with Crippen molar-refractivity contribution in [3.63, 3.8) is 0 Å². The third-order valence-electron chi connectivity index (χ3n) is 6.15. The summed E-state index contributed by atoms with van der Waals surface area (Å²) in [7, 11) is 2.12. The number of nitrogens with zero attached hydrogens (tertiary/aromatic N) is 4. The number of piperazine rings is 1. The molecule has 37 heavy (non-hydrogen) atoms. The molecule has 2 aromatic heterocycles. The van der Waals surface area contributed by atoms with Crippen LogP contribution in [0.4, 0.5) is 27.1 Å². The molecule has 0 atom stereocenters. The summed E-state index contributed by atoms with van der Waals surface area (Å²) in [6, 6.07) is 14.7. The number of aromatic nitrogens is 3. The van der Waals surface area contributed by atoms with Gasteiger partial charge >= 0.3 is 6.03 Å². The summed E-state index contributed by atoms with van der Waals surface area (Å²) in [5, 5.41) is 15.6. The molecule has 0 aliphatic carbocycles. The average Bonchev–Trinajstić information content (AvgIpc) is 3.56. The fourth-order valence-electron chi connectivity index (χ4n) is 4.16. The largest absolute Gasteiger partial charge is 0.368 e. The summed E-state index contributed by atoms with van der Waals surface area (Å²) in [4.78, 5) is 35.1. The molecule has 0 unspecified atom stereocenters. The van der Waals surface area contributed by atoms with Crippen molar-refractivity contribution >= 4 is 45.6 Å². The number of carbonyl (C=O) groups is 2. The molecule has 4 N–H and O–H groups in total. The zero-order valence-electron chi connectivity index (χ0n) is 20.6. The fourth-order valence-corrected chi connectivity index (χ4v) is 4.82. The van der Waals surface area contributed by atoms with Crippen molar-refractivity contribution in [2.45, 2.75) is 6.92 Å². The van der Waals surface area contributed by atoms with Crippen LogP contribution in [-0.2, 0) is 0 Å². The van der Waals surface area contributed by atoms with Crippen LogP contribution in [0.5, 0.6) is 0 Å². The fraction of sp³-hybridized carbons (Fsp3) is 0.231. The molecule has 11 heteroatoms. The van der Waals surface area contributed by atoms with Gasteiger partial charge in [0.05, 0.1) is 6.20 Å². The highest BCUT2D eigenvalue weighted by Gasteiger charge is 2.20. The highest BCUT2D eigenvalue weighted by molar-refractivity contribution is 7.15. The summed E-state index contributed by atoms with van der Waals surface area (Å²) in [5.41, 5.74) is 4.18. The Bertz CT molecular complexity index is 1380. The van der Waals surface area contributed by atoms with Gasteiger partial charge in [0.2, 0.25) is 0 Å². The van der Waals surface area contributed by atoms with Gasteiger partial charge < -0.3 is 20.4 Å². The maximum atomic E-state index is 12.9. The van der Waals surface area contributed by atoms with Gasteiger partial charge in [0.1, 0.15) is 5.82 Å². The lowest BCUT2D eigenvalue weighted by atomic mass is 9.99. The van der Waals surface area contributed by atoms with Gasteiger partial charge in [-0.05, 0) is 49.9 Å². The second-order valence-corrected chi connectivity index (χ2v) is 10.1. The minimum absolute atomic E-state index is 0.220. The van der Waals surface area contributed by atoms with E-state index in [0.717, 1.165) is 47.9 Å². The van der Waals surface area contributed by atoms with E-state index in [1.807, 2.05) is 49.4 Å². The number of anilines is 4. The maximum Gasteiger partial charge on any atom is 0.325 e. The minimum atomic E-state index is -0.349. The number of benzene rings is 2. The number of nitrogens with one attached hydrogen (secondary N) is 4. The molecule has 3 amide bonds. The Hall–Kier alpha value is -4.22.